The van der Waals surface area contributed by atoms with Crippen LogP contribution in [-0.2, 0) is 6.61 Å². The first-order valence-electron chi connectivity index (χ1n) is 8.41. The Kier molecular flexibility index (Phi) is 6.32. The average Bonchev–Trinajstić information content (AvgIpc) is 3.12. The first kappa shape index (κ1) is 19.2. The Hall–Kier alpha value is -2.57. The van der Waals surface area contributed by atoms with Crippen LogP contribution >= 0.6 is 22.9 Å². The number of hydrogen-bond acceptors (Lipinski definition) is 5. The Morgan fingerprint density at radius 2 is 2.00 bits per heavy atom. The zero-order chi connectivity index (χ0) is 19.2. The second-order valence-electron chi connectivity index (χ2n) is 5.99. The molecule has 0 saturated carbocycles. The minimum Gasteiger partial charge on any atom is -0.488 e. The summed E-state index contributed by atoms with van der Waals surface area (Å²) >= 11 is 7.38. The van der Waals surface area contributed by atoms with E-state index < -0.39 is 0 Å². The number of carbonyl (C=O) groups is 1. The van der Waals surface area contributed by atoms with Gasteiger partial charge in [0.15, 0.2) is 0 Å². The van der Waals surface area contributed by atoms with Crippen LogP contribution in [0.3, 0.4) is 0 Å². The predicted molar refractivity (Wildman–Crippen MR) is 108 cm³/mol. The van der Waals surface area contributed by atoms with Gasteiger partial charge in [-0.3, -0.25) is 4.79 Å². The van der Waals surface area contributed by atoms with E-state index in [9.17, 15) is 4.79 Å². The summed E-state index contributed by atoms with van der Waals surface area (Å²) in [5, 5.41) is 3.24. The van der Waals surface area contributed by atoms with Crippen molar-refractivity contribution >= 4 is 34.5 Å². The molecule has 7 heteroatoms. The molecule has 3 rings (SSSR count). The van der Waals surface area contributed by atoms with Gasteiger partial charge in [0, 0.05) is 11.1 Å². The van der Waals surface area contributed by atoms with E-state index in [2.05, 4.69) is 10.3 Å². The van der Waals surface area contributed by atoms with Crippen molar-refractivity contribution in [3.05, 3.63) is 69.5 Å². The molecule has 0 atom stereocenters. The predicted octanol–water partition coefficient (Wildman–Crippen LogP) is 5.42. The third-order valence-corrected chi connectivity index (χ3v) is 4.69. The van der Waals surface area contributed by atoms with Gasteiger partial charge in [-0.25, -0.2) is 4.98 Å². The van der Waals surface area contributed by atoms with E-state index in [1.165, 1.54) is 17.5 Å². The maximum Gasteiger partial charge on any atom is 0.265 e. The lowest BCUT2D eigenvalue weighted by atomic mass is 10.3. The standard InChI is InChI=1S/C20H19ClN2O3S/c1-13(2)26-20-17(10-14(21)11-22-20)23-19(24)18-9-8-16(27-18)12-25-15-6-4-3-5-7-15/h3-11,13H,12H2,1-2H3,(H,23,24). The van der Waals surface area contributed by atoms with E-state index in [-0.39, 0.29) is 12.0 Å². The molecule has 0 spiro atoms. The fourth-order valence-electron chi connectivity index (χ4n) is 2.27. The van der Waals surface area contributed by atoms with Crippen LogP contribution in [-0.4, -0.2) is 17.0 Å². The normalized spacial score (nSPS) is 10.7. The van der Waals surface area contributed by atoms with Gasteiger partial charge in [-0.2, -0.15) is 0 Å². The molecule has 2 aromatic heterocycles. The molecular formula is C20H19ClN2O3S. The number of nitrogens with zero attached hydrogens (tertiary/aromatic N) is 1. The summed E-state index contributed by atoms with van der Waals surface area (Å²) in [5.41, 5.74) is 0.441. The Morgan fingerprint density at radius 3 is 2.74 bits per heavy atom. The van der Waals surface area contributed by atoms with E-state index in [4.69, 9.17) is 21.1 Å². The van der Waals surface area contributed by atoms with Gasteiger partial charge in [-0.1, -0.05) is 29.8 Å². The highest BCUT2D eigenvalue weighted by Gasteiger charge is 2.15. The zero-order valence-electron chi connectivity index (χ0n) is 14.9. The Labute approximate surface area is 166 Å². The summed E-state index contributed by atoms with van der Waals surface area (Å²) in [5.74, 6) is 0.882. The molecule has 0 aliphatic carbocycles. The number of ether oxygens (including phenoxy) is 2. The van der Waals surface area contributed by atoms with Crippen LogP contribution in [0.25, 0.3) is 0 Å². The lowest BCUT2D eigenvalue weighted by Crippen LogP contribution is -2.14. The molecule has 1 N–H and O–H groups in total. The number of para-hydroxylation sites is 1. The minimum absolute atomic E-state index is 0.0715. The molecule has 1 aromatic carbocycles. The van der Waals surface area contributed by atoms with Crippen LogP contribution in [0.5, 0.6) is 11.6 Å². The highest BCUT2D eigenvalue weighted by Crippen LogP contribution is 2.27. The number of pyridine rings is 1. The molecule has 140 valence electrons. The van der Waals surface area contributed by atoms with E-state index in [0.717, 1.165) is 10.6 Å². The summed E-state index contributed by atoms with van der Waals surface area (Å²) < 4.78 is 11.3. The fourth-order valence-corrected chi connectivity index (χ4v) is 3.24. The summed E-state index contributed by atoms with van der Waals surface area (Å²) in [6, 6.07) is 14.8. The fraction of sp³-hybridized carbons (Fsp3) is 0.200. The summed E-state index contributed by atoms with van der Waals surface area (Å²) in [4.78, 5) is 18.2. The van der Waals surface area contributed by atoms with Crippen molar-refractivity contribution in [1.82, 2.24) is 4.98 Å². The molecule has 0 unspecified atom stereocenters. The minimum atomic E-state index is -0.247. The van der Waals surface area contributed by atoms with Crippen molar-refractivity contribution in [3.63, 3.8) is 0 Å². The Morgan fingerprint density at radius 1 is 1.22 bits per heavy atom. The number of benzene rings is 1. The Bertz CT molecular complexity index is 913. The number of nitrogens with one attached hydrogen (secondary N) is 1. The topological polar surface area (TPSA) is 60.5 Å². The maximum atomic E-state index is 12.6. The number of anilines is 1. The van der Waals surface area contributed by atoms with E-state index >= 15 is 0 Å². The molecule has 2 heterocycles. The monoisotopic (exact) mass is 402 g/mol. The second kappa shape index (κ2) is 8.88. The maximum absolute atomic E-state index is 12.6. The molecule has 0 aliphatic rings. The van der Waals surface area contributed by atoms with Crippen LogP contribution in [0.1, 0.15) is 28.4 Å². The lowest BCUT2D eigenvalue weighted by molar-refractivity contribution is 0.102. The lowest BCUT2D eigenvalue weighted by Gasteiger charge is -2.13. The van der Waals surface area contributed by atoms with Gasteiger partial charge in [0.2, 0.25) is 5.88 Å². The van der Waals surface area contributed by atoms with Gasteiger partial charge in [0.05, 0.1) is 16.0 Å². The third-order valence-electron chi connectivity index (χ3n) is 3.42. The number of amides is 1. The van der Waals surface area contributed by atoms with Gasteiger partial charge in [0.25, 0.3) is 5.91 Å². The van der Waals surface area contributed by atoms with Crippen molar-refractivity contribution < 1.29 is 14.3 Å². The van der Waals surface area contributed by atoms with E-state index in [1.807, 2.05) is 50.2 Å². The molecule has 0 bridgehead atoms. The third kappa shape index (κ3) is 5.45. The first-order chi connectivity index (χ1) is 13.0. The number of aromatic nitrogens is 1. The molecule has 0 fully saturated rings. The van der Waals surface area contributed by atoms with Crippen molar-refractivity contribution in [3.8, 4) is 11.6 Å². The molecule has 5 nitrogen and oxygen atoms in total. The highest BCUT2D eigenvalue weighted by molar-refractivity contribution is 7.14. The summed E-state index contributed by atoms with van der Waals surface area (Å²) in [7, 11) is 0. The second-order valence-corrected chi connectivity index (χ2v) is 7.60. The van der Waals surface area contributed by atoms with Crippen molar-refractivity contribution in [2.24, 2.45) is 0 Å². The molecule has 3 aromatic rings. The quantitative estimate of drug-likeness (QED) is 0.573. The van der Waals surface area contributed by atoms with Gasteiger partial charge < -0.3 is 14.8 Å². The largest absolute Gasteiger partial charge is 0.488 e. The van der Waals surface area contributed by atoms with Gasteiger partial charge in [0.1, 0.15) is 18.0 Å². The molecular weight excluding hydrogens is 384 g/mol. The van der Waals surface area contributed by atoms with E-state index in [1.54, 1.807) is 12.1 Å². The Balaban J connectivity index is 1.67. The first-order valence-corrected chi connectivity index (χ1v) is 9.61. The van der Waals surface area contributed by atoms with Gasteiger partial charge >= 0.3 is 0 Å². The van der Waals surface area contributed by atoms with Crippen LogP contribution in [0.15, 0.2) is 54.7 Å². The average molecular weight is 403 g/mol. The molecule has 1 amide bonds. The number of rotatable bonds is 7. The molecule has 0 saturated heterocycles. The highest BCUT2D eigenvalue weighted by atomic mass is 35.5. The van der Waals surface area contributed by atoms with Crippen LogP contribution in [0.4, 0.5) is 5.69 Å². The summed E-state index contributed by atoms with van der Waals surface area (Å²) in [6.07, 6.45) is 1.41. The smallest absolute Gasteiger partial charge is 0.265 e. The number of hydrogen-bond donors (Lipinski definition) is 1. The molecule has 0 aliphatic heterocycles. The number of halogens is 1. The van der Waals surface area contributed by atoms with Crippen LogP contribution in [0.2, 0.25) is 5.02 Å². The zero-order valence-corrected chi connectivity index (χ0v) is 16.5. The van der Waals surface area contributed by atoms with Crippen molar-refractivity contribution in [1.29, 1.82) is 0 Å². The van der Waals surface area contributed by atoms with Gasteiger partial charge in [-0.05, 0) is 44.2 Å². The van der Waals surface area contributed by atoms with Crippen molar-refractivity contribution in [2.45, 2.75) is 26.6 Å². The number of carbonyl (C=O) groups excluding carboxylic acids is 1. The summed E-state index contributed by atoms with van der Waals surface area (Å²) in [6.45, 7) is 4.18. The number of thiophene rings is 1. The molecule has 27 heavy (non-hydrogen) atoms. The van der Waals surface area contributed by atoms with Crippen molar-refractivity contribution in [2.75, 3.05) is 5.32 Å². The van der Waals surface area contributed by atoms with Crippen LogP contribution in [0, 0.1) is 0 Å². The SMILES string of the molecule is CC(C)Oc1ncc(Cl)cc1NC(=O)c1ccc(COc2ccccc2)s1. The van der Waals surface area contributed by atoms with Crippen LogP contribution < -0.4 is 14.8 Å². The molecule has 0 radical (unpaired) electrons. The van der Waals surface area contributed by atoms with Gasteiger partial charge in [-0.15, -0.1) is 11.3 Å². The van der Waals surface area contributed by atoms with E-state index in [0.29, 0.717) is 28.1 Å².